The van der Waals surface area contributed by atoms with Crippen molar-refractivity contribution >= 4 is 60.4 Å². The Morgan fingerprint density at radius 2 is 1.40 bits per heavy atom. The summed E-state index contributed by atoms with van der Waals surface area (Å²) in [7, 11) is 0. The van der Waals surface area contributed by atoms with Crippen molar-refractivity contribution in [2.75, 3.05) is 0 Å². The molecule has 0 aromatic heterocycles. The van der Waals surface area contributed by atoms with Crippen molar-refractivity contribution in [3.05, 3.63) is 0 Å². The summed E-state index contributed by atoms with van der Waals surface area (Å²) in [6.07, 6.45) is 0. The molecular weight excluding hydrogens is 142 g/mol. The molecule has 0 rings (SSSR count). The molecule has 0 aliphatic rings. The topological polar surface area (TPSA) is 74.6 Å². The molecule has 0 radical (unpaired) electrons. The van der Waals surface area contributed by atoms with Crippen LogP contribution in [0.5, 0.6) is 0 Å². The van der Waals surface area contributed by atoms with Crippen molar-refractivity contribution in [1.29, 1.82) is 0 Å². The monoisotopic (exact) mass is 150 g/mol. The Kier molecular flexibility index (Phi) is 12.9. The predicted molar refractivity (Wildman–Crippen MR) is 38.7 cm³/mol. The van der Waals surface area contributed by atoms with E-state index in [0.717, 1.165) is 6.92 Å². The van der Waals surface area contributed by atoms with Crippen molar-refractivity contribution in [1.82, 2.24) is 0 Å². The summed E-state index contributed by atoms with van der Waals surface area (Å²) in [5.74, 6) is -3.91. The molecule has 0 bridgehead atoms. The van der Waals surface area contributed by atoms with E-state index < -0.39 is 17.9 Å². The van der Waals surface area contributed by atoms with E-state index in [9.17, 15) is 9.59 Å². The van der Waals surface area contributed by atoms with Gasteiger partial charge in [0, 0.05) is 0 Å². The maximum atomic E-state index is 9.76. The maximum absolute atomic E-state index is 9.76. The standard InChI is InChI=1S/C4H6O4.Li.Na.2H/c1-2(3(5)6)4(7)8;;;;/h2H,1H3,(H,5,6)(H,7,8);;;;. The van der Waals surface area contributed by atoms with Gasteiger partial charge in [-0.15, -0.1) is 0 Å². The first-order valence-electron chi connectivity index (χ1n) is 2.01. The van der Waals surface area contributed by atoms with E-state index in [-0.39, 0.29) is 48.4 Å². The summed E-state index contributed by atoms with van der Waals surface area (Å²) in [6.45, 7) is 1.12. The van der Waals surface area contributed by atoms with Crippen molar-refractivity contribution in [2.45, 2.75) is 6.92 Å². The van der Waals surface area contributed by atoms with Crippen molar-refractivity contribution in [2.24, 2.45) is 5.92 Å². The molecule has 0 aliphatic heterocycles. The van der Waals surface area contributed by atoms with Crippen LogP contribution in [0.2, 0.25) is 0 Å². The molecule has 0 heterocycles. The minimum atomic E-state index is -1.31. The van der Waals surface area contributed by atoms with E-state index in [4.69, 9.17) is 10.2 Å². The van der Waals surface area contributed by atoms with E-state index in [1.807, 2.05) is 0 Å². The second kappa shape index (κ2) is 7.64. The van der Waals surface area contributed by atoms with E-state index in [2.05, 4.69) is 0 Å². The third-order valence-corrected chi connectivity index (χ3v) is 0.741. The molecule has 0 amide bonds. The van der Waals surface area contributed by atoms with Crippen LogP contribution in [0.4, 0.5) is 0 Å². The molecule has 6 heteroatoms. The predicted octanol–water partition coefficient (Wildman–Crippen LogP) is -1.51. The first kappa shape index (κ1) is 16.9. The molecule has 0 saturated heterocycles. The Morgan fingerprint density at radius 1 is 1.20 bits per heavy atom. The van der Waals surface area contributed by atoms with Crippen LogP contribution >= 0.6 is 0 Å². The molecule has 0 fully saturated rings. The molecule has 0 unspecified atom stereocenters. The SMILES string of the molecule is CC(C(=O)O)C(=O)O.[LiH].[NaH]. The second-order valence-corrected chi connectivity index (χ2v) is 1.40. The molecule has 0 atom stereocenters. The molecule has 2 N–H and O–H groups in total. The minimum absolute atomic E-state index is 0. The van der Waals surface area contributed by atoms with Gasteiger partial charge in [-0.3, -0.25) is 9.59 Å². The third-order valence-electron chi connectivity index (χ3n) is 0.741. The normalized spacial score (nSPS) is 7.40. The Morgan fingerprint density at radius 3 is 1.40 bits per heavy atom. The molecule has 0 aromatic rings. The zero-order valence-corrected chi connectivity index (χ0v) is 4.29. The zero-order chi connectivity index (χ0) is 6.73. The Hall–Kier alpha value is 0.537. The van der Waals surface area contributed by atoms with Gasteiger partial charge >= 0.3 is 60.4 Å². The Bertz CT molecular complexity index is 112. The summed E-state index contributed by atoms with van der Waals surface area (Å²) >= 11 is 0. The van der Waals surface area contributed by atoms with E-state index in [1.54, 1.807) is 0 Å². The molecule has 0 aliphatic carbocycles. The average molecular weight is 150 g/mol. The molecule has 0 spiro atoms. The van der Waals surface area contributed by atoms with Gasteiger partial charge in [-0.2, -0.15) is 0 Å². The van der Waals surface area contributed by atoms with Crippen LogP contribution in [0.3, 0.4) is 0 Å². The summed E-state index contributed by atoms with van der Waals surface area (Å²) in [5.41, 5.74) is 0. The molecule has 4 nitrogen and oxygen atoms in total. The van der Waals surface area contributed by atoms with Gasteiger partial charge < -0.3 is 10.2 Å². The van der Waals surface area contributed by atoms with Gasteiger partial charge in [0.2, 0.25) is 0 Å². The quantitative estimate of drug-likeness (QED) is 0.371. The Labute approximate surface area is 92.5 Å². The van der Waals surface area contributed by atoms with E-state index in [1.165, 1.54) is 0 Å². The van der Waals surface area contributed by atoms with Crippen LogP contribution in [-0.4, -0.2) is 70.6 Å². The van der Waals surface area contributed by atoms with Gasteiger partial charge in [0.25, 0.3) is 0 Å². The van der Waals surface area contributed by atoms with Crippen molar-refractivity contribution in [3.8, 4) is 0 Å². The van der Waals surface area contributed by atoms with Gasteiger partial charge in [-0.25, -0.2) is 0 Å². The summed E-state index contributed by atoms with van der Waals surface area (Å²) in [6, 6.07) is 0. The van der Waals surface area contributed by atoms with Crippen LogP contribution in [0.25, 0.3) is 0 Å². The first-order chi connectivity index (χ1) is 3.55. The molecular formula is C4H8LiNaO4. The molecule has 10 heavy (non-hydrogen) atoms. The fourth-order valence-electron chi connectivity index (χ4n) is 0.106. The molecule has 50 valence electrons. The summed E-state index contributed by atoms with van der Waals surface area (Å²) in [4.78, 5) is 19.5. The fraction of sp³-hybridized carbons (Fsp3) is 0.500. The fourth-order valence-corrected chi connectivity index (χ4v) is 0.106. The van der Waals surface area contributed by atoms with Gasteiger partial charge in [0.15, 0.2) is 5.92 Å². The summed E-state index contributed by atoms with van der Waals surface area (Å²) < 4.78 is 0. The van der Waals surface area contributed by atoms with Crippen LogP contribution in [0.15, 0.2) is 0 Å². The molecule has 0 aromatic carbocycles. The van der Waals surface area contributed by atoms with Gasteiger partial charge in [0.05, 0.1) is 0 Å². The van der Waals surface area contributed by atoms with Crippen molar-refractivity contribution in [3.63, 3.8) is 0 Å². The second-order valence-electron chi connectivity index (χ2n) is 1.40. The molecule has 0 saturated carbocycles. The van der Waals surface area contributed by atoms with Gasteiger partial charge in [-0.1, -0.05) is 0 Å². The summed E-state index contributed by atoms with van der Waals surface area (Å²) in [5, 5.41) is 15.9. The van der Waals surface area contributed by atoms with Crippen LogP contribution in [0, 0.1) is 5.92 Å². The number of carboxylic acids is 2. The number of carboxylic acid groups (broad SMARTS) is 2. The average Bonchev–Trinajstić information content (AvgIpc) is 1.64. The van der Waals surface area contributed by atoms with Crippen LogP contribution in [-0.2, 0) is 9.59 Å². The van der Waals surface area contributed by atoms with Gasteiger partial charge in [-0.05, 0) is 6.92 Å². The number of hydrogen-bond acceptors (Lipinski definition) is 2. The van der Waals surface area contributed by atoms with Crippen molar-refractivity contribution < 1.29 is 19.8 Å². The van der Waals surface area contributed by atoms with E-state index >= 15 is 0 Å². The number of rotatable bonds is 2. The van der Waals surface area contributed by atoms with Crippen LogP contribution in [0.1, 0.15) is 6.92 Å². The number of hydrogen-bond donors (Lipinski definition) is 2. The third kappa shape index (κ3) is 6.65. The van der Waals surface area contributed by atoms with Crippen LogP contribution < -0.4 is 0 Å². The zero-order valence-electron chi connectivity index (χ0n) is 4.29. The van der Waals surface area contributed by atoms with E-state index in [0.29, 0.717) is 0 Å². The first-order valence-corrected chi connectivity index (χ1v) is 2.01. The van der Waals surface area contributed by atoms with Gasteiger partial charge in [0.1, 0.15) is 0 Å². The number of carbonyl (C=O) groups is 2. The number of aliphatic carboxylic acids is 2. The Balaban J connectivity index is -0.000000245.